The Labute approximate surface area is 97.1 Å². The Kier molecular flexibility index (Phi) is 2.86. The van der Waals surface area contributed by atoms with Crippen LogP contribution in [0.15, 0.2) is 18.2 Å². The van der Waals surface area contributed by atoms with Gasteiger partial charge in [-0.3, -0.25) is 4.79 Å². The predicted molar refractivity (Wildman–Crippen MR) is 57.4 cm³/mol. The van der Waals surface area contributed by atoms with Crippen molar-refractivity contribution in [2.75, 3.05) is 13.7 Å². The summed E-state index contributed by atoms with van der Waals surface area (Å²) in [7, 11) is 1.45. The molecule has 6 nitrogen and oxygen atoms in total. The van der Waals surface area contributed by atoms with Crippen molar-refractivity contribution in [3.8, 4) is 11.5 Å². The van der Waals surface area contributed by atoms with Crippen LogP contribution in [0.2, 0.25) is 0 Å². The quantitative estimate of drug-likeness (QED) is 0.771. The van der Waals surface area contributed by atoms with Gasteiger partial charge in [0, 0.05) is 0 Å². The predicted octanol–water partition coefficient (Wildman–Crippen LogP) is 0.271. The monoisotopic (exact) mass is 237 g/mol. The zero-order valence-corrected chi connectivity index (χ0v) is 9.10. The standard InChI is InChI=1S/C11H11NO5/c1-16-8-4-2-3-6-9(8)17-5-7(11(14)15)12-10(6)13/h2-4,7H,5H2,1H3,(H,12,13)(H,14,15). The summed E-state index contributed by atoms with van der Waals surface area (Å²) in [6, 6.07) is 3.78. The fraction of sp³-hybridized carbons (Fsp3) is 0.273. The topological polar surface area (TPSA) is 84.9 Å². The van der Waals surface area contributed by atoms with Crippen molar-refractivity contribution < 1.29 is 24.2 Å². The highest BCUT2D eigenvalue weighted by atomic mass is 16.5. The van der Waals surface area contributed by atoms with E-state index in [0.29, 0.717) is 5.75 Å². The van der Waals surface area contributed by atoms with E-state index in [2.05, 4.69) is 5.32 Å². The van der Waals surface area contributed by atoms with Crippen LogP contribution in [0.5, 0.6) is 11.5 Å². The van der Waals surface area contributed by atoms with E-state index in [1.165, 1.54) is 7.11 Å². The van der Waals surface area contributed by atoms with E-state index in [-0.39, 0.29) is 17.9 Å². The number of carbonyl (C=O) groups excluding carboxylic acids is 1. The number of nitrogens with one attached hydrogen (secondary N) is 1. The lowest BCUT2D eigenvalue weighted by Crippen LogP contribution is -2.42. The molecule has 1 heterocycles. The summed E-state index contributed by atoms with van der Waals surface area (Å²) < 4.78 is 10.4. The van der Waals surface area contributed by atoms with Gasteiger partial charge in [0.15, 0.2) is 17.5 Å². The molecule has 0 spiro atoms. The van der Waals surface area contributed by atoms with Crippen molar-refractivity contribution in [2.45, 2.75) is 6.04 Å². The molecule has 0 aromatic heterocycles. The van der Waals surface area contributed by atoms with Gasteiger partial charge in [0.25, 0.3) is 5.91 Å². The van der Waals surface area contributed by atoms with Gasteiger partial charge in [-0.15, -0.1) is 0 Å². The molecule has 1 aliphatic rings. The molecule has 2 N–H and O–H groups in total. The zero-order valence-electron chi connectivity index (χ0n) is 9.10. The average molecular weight is 237 g/mol. The van der Waals surface area contributed by atoms with Gasteiger partial charge in [0.1, 0.15) is 6.61 Å². The minimum atomic E-state index is -1.13. The van der Waals surface area contributed by atoms with Crippen LogP contribution < -0.4 is 14.8 Å². The molecule has 1 amide bonds. The molecule has 0 radical (unpaired) electrons. The number of methoxy groups -OCH3 is 1. The maximum absolute atomic E-state index is 11.8. The number of benzene rings is 1. The van der Waals surface area contributed by atoms with Gasteiger partial charge in [-0.05, 0) is 12.1 Å². The Balaban J connectivity index is 2.40. The number of aliphatic carboxylic acids is 1. The Morgan fingerprint density at radius 1 is 1.59 bits per heavy atom. The van der Waals surface area contributed by atoms with Crippen LogP contribution in [0, 0.1) is 0 Å². The molecule has 17 heavy (non-hydrogen) atoms. The van der Waals surface area contributed by atoms with Gasteiger partial charge in [0.2, 0.25) is 0 Å². The average Bonchev–Trinajstić information content (AvgIpc) is 2.49. The fourth-order valence-electron chi connectivity index (χ4n) is 1.58. The van der Waals surface area contributed by atoms with Crippen molar-refractivity contribution >= 4 is 11.9 Å². The summed E-state index contributed by atoms with van der Waals surface area (Å²) in [5, 5.41) is 11.2. The SMILES string of the molecule is COc1cccc2c1OCC(C(=O)O)NC2=O. The second kappa shape index (κ2) is 4.32. The Hall–Kier alpha value is -2.24. The zero-order chi connectivity index (χ0) is 12.4. The first-order chi connectivity index (χ1) is 8.13. The van der Waals surface area contributed by atoms with E-state index < -0.39 is 17.9 Å². The molecule has 0 saturated heterocycles. The molecule has 90 valence electrons. The van der Waals surface area contributed by atoms with Crippen LogP contribution in [-0.4, -0.2) is 36.7 Å². The van der Waals surface area contributed by atoms with Crippen LogP contribution in [0.3, 0.4) is 0 Å². The van der Waals surface area contributed by atoms with Crippen molar-refractivity contribution in [3.05, 3.63) is 23.8 Å². The summed E-state index contributed by atoms with van der Waals surface area (Å²) in [6.07, 6.45) is 0. The lowest BCUT2D eigenvalue weighted by atomic mass is 10.1. The van der Waals surface area contributed by atoms with Crippen molar-refractivity contribution in [1.82, 2.24) is 5.32 Å². The number of fused-ring (bicyclic) bond motifs is 1. The summed E-state index contributed by atoms with van der Waals surface area (Å²) >= 11 is 0. The molecule has 1 aliphatic heterocycles. The van der Waals surface area contributed by atoms with Crippen LogP contribution in [-0.2, 0) is 4.79 Å². The second-order valence-electron chi connectivity index (χ2n) is 3.51. The third-order valence-corrected chi connectivity index (χ3v) is 2.44. The first kappa shape index (κ1) is 11.3. The molecule has 1 atom stereocenters. The normalized spacial score (nSPS) is 18.4. The number of hydrogen-bond acceptors (Lipinski definition) is 4. The summed E-state index contributed by atoms with van der Waals surface area (Å²) in [5.41, 5.74) is 0.271. The molecule has 0 bridgehead atoms. The molecule has 2 rings (SSSR count). The van der Waals surface area contributed by atoms with Crippen molar-refractivity contribution in [3.63, 3.8) is 0 Å². The molecular formula is C11H11NO5. The third-order valence-electron chi connectivity index (χ3n) is 2.44. The second-order valence-corrected chi connectivity index (χ2v) is 3.51. The molecule has 1 aromatic rings. The maximum Gasteiger partial charge on any atom is 0.329 e. The lowest BCUT2D eigenvalue weighted by molar-refractivity contribution is -0.139. The molecule has 0 aliphatic carbocycles. The highest BCUT2D eigenvalue weighted by molar-refractivity contribution is 6.00. The summed E-state index contributed by atoms with van der Waals surface area (Å²) in [6.45, 7) is -0.131. The molecule has 1 aromatic carbocycles. The number of carboxylic acid groups (broad SMARTS) is 1. The van der Waals surface area contributed by atoms with Crippen LogP contribution >= 0.6 is 0 Å². The highest BCUT2D eigenvalue weighted by Gasteiger charge is 2.28. The number of ether oxygens (including phenoxy) is 2. The van der Waals surface area contributed by atoms with Gasteiger partial charge < -0.3 is 19.9 Å². The molecular weight excluding hydrogens is 226 g/mol. The van der Waals surface area contributed by atoms with Crippen molar-refractivity contribution in [1.29, 1.82) is 0 Å². The summed E-state index contributed by atoms with van der Waals surface area (Å²) in [4.78, 5) is 22.6. The maximum atomic E-state index is 11.8. The number of hydrogen-bond donors (Lipinski definition) is 2. The molecule has 0 fully saturated rings. The molecule has 1 unspecified atom stereocenters. The number of amides is 1. The molecule has 0 saturated carbocycles. The number of rotatable bonds is 2. The minimum absolute atomic E-state index is 0.131. The van der Waals surface area contributed by atoms with Crippen LogP contribution in [0.1, 0.15) is 10.4 Å². The Bertz CT molecular complexity index is 471. The van der Waals surface area contributed by atoms with Gasteiger partial charge >= 0.3 is 5.97 Å². The molecule has 6 heteroatoms. The van der Waals surface area contributed by atoms with E-state index in [0.717, 1.165) is 0 Å². The largest absolute Gasteiger partial charge is 0.493 e. The highest BCUT2D eigenvalue weighted by Crippen LogP contribution is 2.32. The first-order valence-electron chi connectivity index (χ1n) is 4.97. The van der Waals surface area contributed by atoms with Gasteiger partial charge in [-0.2, -0.15) is 0 Å². The number of carboxylic acids is 1. The minimum Gasteiger partial charge on any atom is -0.493 e. The third kappa shape index (κ3) is 2.01. The van der Waals surface area contributed by atoms with E-state index in [4.69, 9.17) is 14.6 Å². The van der Waals surface area contributed by atoms with E-state index in [1.54, 1.807) is 18.2 Å². The van der Waals surface area contributed by atoms with Crippen LogP contribution in [0.25, 0.3) is 0 Å². The summed E-state index contributed by atoms with van der Waals surface area (Å²) in [5.74, 6) is -0.936. The fourth-order valence-corrected chi connectivity index (χ4v) is 1.58. The van der Waals surface area contributed by atoms with E-state index in [1.807, 2.05) is 0 Å². The number of para-hydroxylation sites is 1. The van der Waals surface area contributed by atoms with Crippen molar-refractivity contribution in [2.24, 2.45) is 0 Å². The van der Waals surface area contributed by atoms with E-state index >= 15 is 0 Å². The lowest BCUT2D eigenvalue weighted by Gasteiger charge is -2.11. The van der Waals surface area contributed by atoms with Crippen LogP contribution in [0.4, 0.5) is 0 Å². The van der Waals surface area contributed by atoms with E-state index in [9.17, 15) is 9.59 Å². The van der Waals surface area contributed by atoms with Gasteiger partial charge in [-0.1, -0.05) is 6.07 Å². The Morgan fingerprint density at radius 3 is 3.00 bits per heavy atom. The number of carbonyl (C=O) groups is 2. The van der Waals surface area contributed by atoms with Gasteiger partial charge in [0.05, 0.1) is 12.7 Å². The smallest absolute Gasteiger partial charge is 0.329 e. The Morgan fingerprint density at radius 2 is 2.35 bits per heavy atom. The van der Waals surface area contributed by atoms with Gasteiger partial charge in [-0.25, -0.2) is 4.79 Å². The first-order valence-corrected chi connectivity index (χ1v) is 4.97.